The lowest BCUT2D eigenvalue weighted by molar-refractivity contribution is 0.683. The number of aromatic amines is 1. The van der Waals surface area contributed by atoms with Crippen molar-refractivity contribution in [3.63, 3.8) is 0 Å². The van der Waals surface area contributed by atoms with Gasteiger partial charge in [-0.2, -0.15) is 0 Å². The fourth-order valence-corrected chi connectivity index (χ4v) is 3.81. The second-order valence-electron chi connectivity index (χ2n) is 7.66. The maximum absolute atomic E-state index is 12.4. The van der Waals surface area contributed by atoms with E-state index in [1.54, 1.807) is 0 Å². The average molecular weight is 383 g/mol. The van der Waals surface area contributed by atoms with Gasteiger partial charge in [0.2, 0.25) is 0 Å². The second kappa shape index (κ2) is 8.46. The zero-order chi connectivity index (χ0) is 20.2. The molecule has 0 unspecified atom stereocenters. The van der Waals surface area contributed by atoms with Gasteiger partial charge in [-0.25, -0.2) is 0 Å². The molecule has 1 heterocycles. The van der Waals surface area contributed by atoms with Crippen molar-refractivity contribution in [2.45, 2.75) is 26.8 Å². The zero-order valence-electron chi connectivity index (χ0n) is 17.0. The Balaban J connectivity index is 1.37. The van der Waals surface area contributed by atoms with Gasteiger partial charge in [0.05, 0.1) is 5.52 Å². The first kappa shape index (κ1) is 19.2. The van der Waals surface area contributed by atoms with Gasteiger partial charge < -0.3 is 10.3 Å². The fraction of sp³-hybridized carbons (Fsp3) is 0.192. The topological polar surface area (TPSA) is 44.9 Å². The molecule has 3 heteroatoms. The molecular weight excluding hydrogens is 356 g/mol. The molecular formula is C26H26N2O. The van der Waals surface area contributed by atoms with Crippen LogP contribution in [0.25, 0.3) is 22.0 Å². The molecule has 4 aromatic rings. The first-order chi connectivity index (χ1) is 14.1. The highest BCUT2D eigenvalue weighted by molar-refractivity contribution is 5.82. The minimum Gasteiger partial charge on any atom is -0.321 e. The quantitative estimate of drug-likeness (QED) is 0.453. The van der Waals surface area contributed by atoms with E-state index in [0.29, 0.717) is 6.54 Å². The van der Waals surface area contributed by atoms with E-state index >= 15 is 0 Å². The van der Waals surface area contributed by atoms with Gasteiger partial charge in [-0.1, -0.05) is 66.2 Å². The zero-order valence-corrected chi connectivity index (χ0v) is 17.0. The van der Waals surface area contributed by atoms with Crippen molar-refractivity contribution >= 4 is 10.9 Å². The van der Waals surface area contributed by atoms with E-state index in [1.807, 2.05) is 19.1 Å². The summed E-state index contributed by atoms with van der Waals surface area (Å²) in [6.45, 7) is 5.51. The van der Waals surface area contributed by atoms with Crippen LogP contribution in [0.15, 0.2) is 77.6 Å². The summed E-state index contributed by atoms with van der Waals surface area (Å²) in [7, 11) is 0. The van der Waals surface area contributed by atoms with Gasteiger partial charge >= 0.3 is 0 Å². The number of H-pyrrole nitrogens is 1. The van der Waals surface area contributed by atoms with Crippen LogP contribution in [0.3, 0.4) is 0 Å². The summed E-state index contributed by atoms with van der Waals surface area (Å²) in [4.78, 5) is 15.4. The summed E-state index contributed by atoms with van der Waals surface area (Å²) in [5, 5.41) is 4.50. The number of nitrogens with one attached hydrogen (secondary N) is 2. The minimum atomic E-state index is -0.0100. The Hall–Kier alpha value is -3.17. The lowest BCUT2D eigenvalue weighted by Gasteiger charge is -2.09. The van der Waals surface area contributed by atoms with Gasteiger partial charge in [0.15, 0.2) is 0 Å². The van der Waals surface area contributed by atoms with Crippen molar-refractivity contribution in [2.24, 2.45) is 0 Å². The highest BCUT2D eigenvalue weighted by Gasteiger charge is 2.06. The summed E-state index contributed by atoms with van der Waals surface area (Å²) in [6.07, 6.45) is 0.929. The largest absolute Gasteiger partial charge is 0.321 e. The van der Waals surface area contributed by atoms with E-state index in [-0.39, 0.29) is 5.56 Å². The van der Waals surface area contributed by atoms with Crippen LogP contribution in [-0.4, -0.2) is 11.5 Å². The molecule has 0 amide bonds. The van der Waals surface area contributed by atoms with Crippen molar-refractivity contribution in [3.8, 4) is 11.1 Å². The van der Waals surface area contributed by atoms with E-state index in [2.05, 4.69) is 77.9 Å². The van der Waals surface area contributed by atoms with Crippen LogP contribution >= 0.6 is 0 Å². The molecule has 0 fully saturated rings. The van der Waals surface area contributed by atoms with Gasteiger partial charge in [-0.15, -0.1) is 0 Å². The molecule has 0 spiro atoms. The van der Waals surface area contributed by atoms with Crippen molar-refractivity contribution in [1.29, 1.82) is 0 Å². The SMILES string of the molecule is Cc1cc(C)c2[nH]c(=O)c(CNCCc3ccc(-c4ccccc4)cc3)cc2c1. The third-order valence-corrected chi connectivity index (χ3v) is 5.34. The monoisotopic (exact) mass is 382 g/mol. The second-order valence-corrected chi connectivity index (χ2v) is 7.66. The van der Waals surface area contributed by atoms with Crippen LogP contribution in [0.2, 0.25) is 0 Å². The third-order valence-electron chi connectivity index (χ3n) is 5.34. The Morgan fingerprint density at radius 2 is 1.59 bits per heavy atom. The van der Waals surface area contributed by atoms with Crippen LogP contribution < -0.4 is 10.9 Å². The van der Waals surface area contributed by atoms with Crippen molar-refractivity contribution < 1.29 is 0 Å². The molecule has 0 aliphatic carbocycles. The molecule has 0 radical (unpaired) electrons. The first-order valence-corrected chi connectivity index (χ1v) is 10.1. The molecule has 3 nitrogen and oxygen atoms in total. The smallest absolute Gasteiger partial charge is 0.252 e. The van der Waals surface area contributed by atoms with Crippen LogP contribution in [0.5, 0.6) is 0 Å². The van der Waals surface area contributed by atoms with E-state index < -0.39 is 0 Å². The van der Waals surface area contributed by atoms with Crippen molar-refractivity contribution in [1.82, 2.24) is 10.3 Å². The maximum atomic E-state index is 12.4. The Kier molecular flexibility index (Phi) is 5.59. The number of fused-ring (bicyclic) bond motifs is 1. The Morgan fingerprint density at radius 1 is 0.862 bits per heavy atom. The van der Waals surface area contributed by atoms with Gasteiger partial charge in [0.25, 0.3) is 5.56 Å². The number of hydrogen-bond donors (Lipinski definition) is 2. The summed E-state index contributed by atoms with van der Waals surface area (Å²) < 4.78 is 0. The summed E-state index contributed by atoms with van der Waals surface area (Å²) in [5.74, 6) is 0. The molecule has 29 heavy (non-hydrogen) atoms. The van der Waals surface area contributed by atoms with Crippen molar-refractivity contribution in [3.05, 3.63) is 105 Å². The molecule has 0 atom stereocenters. The summed E-state index contributed by atoms with van der Waals surface area (Å²) in [5.41, 5.74) is 7.77. The third kappa shape index (κ3) is 4.47. The number of pyridine rings is 1. The Labute approximate surface area is 171 Å². The van der Waals surface area contributed by atoms with E-state index in [0.717, 1.165) is 35.0 Å². The maximum Gasteiger partial charge on any atom is 0.252 e. The molecule has 0 bridgehead atoms. The minimum absolute atomic E-state index is 0.0100. The predicted molar refractivity (Wildman–Crippen MR) is 121 cm³/mol. The van der Waals surface area contributed by atoms with Gasteiger partial charge in [0.1, 0.15) is 0 Å². The van der Waals surface area contributed by atoms with E-state index in [1.165, 1.54) is 22.3 Å². The number of aryl methyl sites for hydroxylation is 2. The molecule has 0 aliphatic heterocycles. The van der Waals surface area contributed by atoms with E-state index in [4.69, 9.17) is 0 Å². The molecule has 3 aromatic carbocycles. The Morgan fingerprint density at radius 3 is 2.34 bits per heavy atom. The summed E-state index contributed by atoms with van der Waals surface area (Å²) >= 11 is 0. The normalized spacial score (nSPS) is 11.1. The predicted octanol–water partition coefficient (Wildman–Crippen LogP) is 5.14. The highest BCUT2D eigenvalue weighted by Crippen LogP contribution is 2.20. The van der Waals surface area contributed by atoms with Crippen molar-refractivity contribution in [2.75, 3.05) is 6.54 Å². The van der Waals surface area contributed by atoms with Crippen LogP contribution in [-0.2, 0) is 13.0 Å². The molecule has 0 aliphatic rings. The number of hydrogen-bond acceptors (Lipinski definition) is 2. The molecule has 146 valence electrons. The molecule has 1 aromatic heterocycles. The van der Waals surface area contributed by atoms with Crippen LogP contribution in [0.1, 0.15) is 22.3 Å². The average Bonchev–Trinajstić information content (AvgIpc) is 2.73. The fourth-order valence-electron chi connectivity index (χ4n) is 3.81. The lowest BCUT2D eigenvalue weighted by atomic mass is 10.0. The Bertz CT molecular complexity index is 1180. The van der Waals surface area contributed by atoms with Gasteiger partial charge in [-0.05, 0) is 66.6 Å². The van der Waals surface area contributed by atoms with Crippen LogP contribution in [0.4, 0.5) is 0 Å². The first-order valence-electron chi connectivity index (χ1n) is 10.1. The molecule has 0 saturated heterocycles. The standard InChI is InChI=1S/C26H26N2O/c1-18-14-19(2)25-23(15-18)16-24(26(29)28-25)17-27-13-12-20-8-10-22(11-9-20)21-6-4-3-5-7-21/h3-11,14-16,27H,12-13,17H2,1-2H3,(H,28,29). The number of aromatic nitrogens is 1. The molecule has 4 rings (SSSR count). The number of rotatable bonds is 6. The van der Waals surface area contributed by atoms with Gasteiger partial charge in [-0.3, -0.25) is 4.79 Å². The lowest BCUT2D eigenvalue weighted by Crippen LogP contribution is -2.23. The van der Waals surface area contributed by atoms with Crippen LogP contribution in [0, 0.1) is 13.8 Å². The summed E-state index contributed by atoms with van der Waals surface area (Å²) in [6, 6.07) is 25.3. The van der Waals surface area contributed by atoms with Gasteiger partial charge in [0, 0.05) is 12.1 Å². The molecule has 2 N–H and O–H groups in total. The molecule has 0 saturated carbocycles. The number of benzene rings is 3. The van der Waals surface area contributed by atoms with E-state index in [9.17, 15) is 4.79 Å². The highest BCUT2D eigenvalue weighted by atomic mass is 16.1.